The molecule has 0 fully saturated rings. The monoisotopic (exact) mass is 440 g/mol. The molecule has 0 saturated carbocycles. The maximum absolute atomic E-state index is 13.4. The average Bonchev–Trinajstić information content (AvgIpc) is 3.11. The minimum atomic E-state index is -1.16. The number of carbonyl (C=O) groups excluding carboxylic acids is 2. The van der Waals surface area contributed by atoms with Crippen LogP contribution < -0.4 is 5.32 Å². The van der Waals surface area contributed by atoms with Gasteiger partial charge in [0.25, 0.3) is 5.91 Å². The molecular weight excluding hydrogens is 419 g/mol. The molecule has 1 aliphatic rings. The van der Waals surface area contributed by atoms with Gasteiger partial charge in [-0.3, -0.25) is 14.3 Å². The van der Waals surface area contributed by atoms with E-state index in [4.69, 9.17) is 11.6 Å². The van der Waals surface area contributed by atoms with E-state index in [0.29, 0.717) is 16.4 Å². The molecular formula is C23H22ClFN4O2. The molecule has 160 valence electrons. The van der Waals surface area contributed by atoms with Gasteiger partial charge in [-0.15, -0.1) is 0 Å². The Labute approximate surface area is 184 Å². The quantitative estimate of drug-likeness (QED) is 0.657. The fraction of sp³-hybridized carbons (Fsp3) is 0.261. The summed E-state index contributed by atoms with van der Waals surface area (Å²) in [5.74, 6) is -0.908. The Bertz CT molecular complexity index is 1130. The van der Waals surface area contributed by atoms with E-state index in [0.717, 1.165) is 11.1 Å². The Balaban J connectivity index is 1.63. The fourth-order valence-electron chi connectivity index (χ4n) is 3.77. The van der Waals surface area contributed by atoms with Crippen molar-refractivity contribution in [1.29, 1.82) is 0 Å². The fourth-order valence-corrected chi connectivity index (χ4v) is 3.89. The molecule has 1 aliphatic heterocycles. The first-order valence-corrected chi connectivity index (χ1v) is 10.3. The second kappa shape index (κ2) is 8.15. The van der Waals surface area contributed by atoms with Gasteiger partial charge in [-0.2, -0.15) is 5.10 Å². The lowest BCUT2D eigenvalue weighted by atomic mass is 9.94. The first kappa shape index (κ1) is 21.1. The highest BCUT2D eigenvalue weighted by Crippen LogP contribution is 2.29. The Morgan fingerprint density at radius 3 is 2.48 bits per heavy atom. The Morgan fingerprint density at radius 2 is 1.81 bits per heavy atom. The van der Waals surface area contributed by atoms with Crippen LogP contribution in [0, 0.1) is 12.7 Å². The number of hydrogen-bond donors (Lipinski definition) is 1. The molecule has 0 saturated heterocycles. The van der Waals surface area contributed by atoms with Crippen LogP contribution in [0.4, 0.5) is 4.39 Å². The van der Waals surface area contributed by atoms with Gasteiger partial charge in [0.15, 0.2) is 0 Å². The van der Waals surface area contributed by atoms with Crippen LogP contribution in [0.25, 0.3) is 0 Å². The Kier molecular flexibility index (Phi) is 5.54. The van der Waals surface area contributed by atoms with Crippen LogP contribution in [0.5, 0.6) is 0 Å². The summed E-state index contributed by atoms with van der Waals surface area (Å²) in [5.41, 5.74) is 1.63. The molecule has 3 aromatic rings. The van der Waals surface area contributed by atoms with E-state index in [-0.39, 0.29) is 37.3 Å². The second-order valence-electron chi connectivity index (χ2n) is 7.93. The molecule has 2 amide bonds. The van der Waals surface area contributed by atoms with Crippen molar-refractivity contribution in [2.24, 2.45) is 0 Å². The molecule has 1 N–H and O–H groups in total. The lowest BCUT2D eigenvalue weighted by Gasteiger charge is -2.43. The molecule has 6 nitrogen and oxygen atoms in total. The normalized spacial score (nSPS) is 18.1. The van der Waals surface area contributed by atoms with E-state index in [9.17, 15) is 14.0 Å². The number of halogens is 2. The molecule has 4 rings (SSSR count). The molecule has 2 heterocycles. The average molecular weight is 441 g/mol. The lowest BCUT2D eigenvalue weighted by molar-refractivity contribution is -0.133. The molecule has 31 heavy (non-hydrogen) atoms. The van der Waals surface area contributed by atoms with E-state index in [1.165, 1.54) is 12.1 Å². The second-order valence-corrected chi connectivity index (χ2v) is 8.37. The zero-order chi connectivity index (χ0) is 22.2. The van der Waals surface area contributed by atoms with Gasteiger partial charge in [-0.25, -0.2) is 4.39 Å². The highest BCUT2D eigenvalue weighted by atomic mass is 35.5. The summed E-state index contributed by atoms with van der Waals surface area (Å²) in [6.45, 7) is 4.25. The van der Waals surface area contributed by atoms with Crippen LogP contribution in [0.15, 0.2) is 54.6 Å². The van der Waals surface area contributed by atoms with Gasteiger partial charge in [-0.05, 0) is 55.3 Å². The molecule has 0 aliphatic carbocycles. The van der Waals surface area contributed by atoms with E-state index in [2.05, 4.69) is 10.4 Å². The van der Waals surface area contributed by atoms with E-state index >= 15 is 0 Å². The van der Waals surface area contributed by atoms with Gasteiger partial charge >= 0.3 is 0 Å². The predicted molar refractivity (Wildman–Crippen MR) is 115 cm³/mol. The van der Waals surface area contributed by atoms with E-state index < -0.39 is 5.54 Å². The number of nitrogens with one attached hydrogen (secondary N) is 1. The zero-order valence-electron chi connectivity index (χ0n) is 17.2. The number of hydrogen-bond acceptors (Lipinski definition) is 3. The third-order valence-electron chi connectivity index (χ3n) is 5.53. The van der Waals surface area contributed by atoms with Crippen LogP contribution in [0.1, 0.15) is 34.2 Å². The summed E-state index contributed by atoms with van der Waals surface area (Å²) in [5, 5.41) is 7.88. The maximum Gasteiger partial charge on any atom is 0.273 e. The minimum Gasteiger partial charge on any atom is -0.350 e. The summed E-state index contributed by atoms with van der Waals surface area (Å²) in [6.07, 6.45) is 0. The van der Waals surface area contributed by atoms with Crippen LogP contribution in [0.2, 0.25) is 5.02 Å². The molecule has 0 spiro atoms. The maximum atomic E-state index is 13.4. The third kappa shape index (κ3) is 4.18. The first-order chi connectivity index (χ1) is 14.8. The van der Waals surface area contributed by atoms with Gasteiger partial charge in [0.2, 0.25) is 5.91 Å². The van der Waals surface area contributed by atoms with Gasteiger partial charge in [0, 0.05) is 18.1 Å². The standard InChI is InChI=1S/C23H22ClFN4O2/c1-15-11-20-21(30)28(13-17-3-7-18(24)8-4-17)23(2,14-29(20)27-15)22(31)26-12-16-5-9-19(25)10-6-16/h3-11H,12-14H2,1-2H3,(H,26,31). The topological polar surface area (TPSA) is 67.2 Å². The smallest absolute Gasteiger partial charge is 0.273 e. The van der Waals surface area contributed by atoms with Crippen LogP contribution in [-0.4, -0.2) is 32.0 Å². The summed E-state index contributed by atoms with van der Waals surface area (Å²) in [4.78, 5) is 28.3. The number of amides is 2. The van der Waals surface area contributed by atoms with Gasteiger partial charge in [-0.1, -0.05) is 35.9 Å². The molecule has 0 bridgehead atoms. The van der Waals surface area contributed by atoms with E-state index in [1.807, 2.05) is 19.1 Å². The molecule has 1 aromatic heterocycles. The Morgan fingerprint density at radius 1 is 1.16 bits per heavy atom. The number of nitrogens with zero attached hydrogens (tertiary/aromatic N) is 3. The Hall–Kier alpha value is -3.19. The number of carbonyl (C=O) groups is 2. The largest absolute Gasteiger partial charge is 0.350 e. The van der Waals surface area contributed by atoms with Crippen LogP contribution in [0.3, 0.4) is 0 Å². The SMILES string of the molecule is Cc1cc2n(n1)CC(C)(C(=O)NCc1ccc(F)cc1)N(Cc1ccc(Cl)cc1)C2=O. The van der Waals surface area contributed by atoms with Crippen molar-refractivity contribution in [3.8, 4) is 0 Å². The first-order valence-electron chi connectivity index (χ1n) is 9.90. The summed E-state index contributed by atoms with van der Waals surface area (Å²) in [7, 11) is 0. The van der Waals surface area contributed by atoms with Crippen molar-refractivity contribution in [3.63, 3.8) is 0 Å². The van der Waals surface area contributed by atoms with Crippen molar-refractivity contribution < 1.29 is 14.0 Å². The number of rotatable bonds is 5. The summed E-state index contributed by atoms with van der Waals surface area (Å²) >= 11 is 5.99. The van der Waals surface area contributed by atoms with Crippen molar-refractivity contribution in [1.82, 2.24) is 20.0 Å². The minimum absolute atomic E-state index is 0.225. The number of fused-ring (bicyclic) bond motifs is 1. The van der Waals surface area contributed by atoms with Crippen LogP contribution >= 0.6 is 11.6 Å². The molecule has 1 atom stereocenters. The van der Waals surface area contributed by atoms with Crippen molar-refractivity contribution in [3.05, 3.63) is 88.0 Å². The summed E-state index contributed by atoms with van der Waals surface area (Å²) in [6, 6.07) is 14.8. The van der Waals surface area contributed by atoms with Crippen molar-refractivity contribution in [2.75, 3.05) is 0 Å². The van der Waals surface area contributed by atoms with Gasteiger partial charge in [0.1, 0.15) is 17.1 Å². The number of benzene rings is 2. The highest BCUT2D eigenvalue weighted by molar-refractivity contribution is 6.30. The van der Waals surface area contributed by atoms with E-state index in [1.54, 1.807) is 46.8 Å². The molecule has 8 heteroatoms. The van der Waals surface area contributed by atoms with Gasteiger partial charge in [0.05, 0.1) is 12.2 Å². The van der Waals surface area contributed by atoms with Crippen molar-refractivity contribution in [2.45, 2.75) is 39.0 Å². The number of aryl methyl sites for hydroxylation is 1. The number of aromatic nitrogens is 2. The predicted octanol–water partition coefficient (Wildman–Crippen LogP) is 3.72. The van der Waals surface area contributed by atoms with Gasteiger partial charge < -0.3 is 10.2 Å². The zero-order valence-corrected chi connectivity index (χ0v) is 18.0. The third-order valence-corrected chi connectivity index (χ3v) is 5.78. The lowest BCUT2D eigenvalue weighted by Crippen LogP contribution is -2.63. The summed E-state index contributed by atoms with van der Waals surface area (Å²) < 4.78 is 14.7. The van der Waals surface area contributed by atoms with Crippen molar-refractivity contribution >= 4 is 23.4 Å². The molecule has 2 aromatic carbocycles. The van der Waals surface area contributed by atoms with Crippen LogP contribution in [-0.2, 0) is 24.4 Å². The highest BCUT2D eigenvalue weighted by Gasteiger charge is 2.47. The molecule has 0 radical (unpaired) electrons. The molecule has 1 unspecified atom stereocenters.